The van der Waals surface area contributed by atoms with Gasteiger partial charge in [0.2, 0.25) is 0 Å². The molecule has 9 nitrogen and oxygen atoms in total. The third-order valence-electron chi connectivity index (χ3n) is 4.25. The zero-order valence-electron chi connectivity index (χ0n) is 15.4. The Morgan fingerprint density at radius 2 is 1.97 bits per heavy atom. The minimum atomic E-state index is -1.26. The van der Waals surface area contributed by atoms with Gasteiger partial charge in [0.1, 0.15) is 16.3 Å². The zero-order chi connectivity index (χ0) is 21.8. The molecular weight excluding hydrogens is 415 g/mol. The molecule has 0 radical (unpaired) electrons. The maximum Gasteiger partial charge on any atom is 0.328 e. The van der Waals surface area contributed by atoms with Gasteiger partial charge in [-0.1, -0.05) is 0 Å². The number of thiophene rings is 1. The highest BCUT2D eigenvalue weighted by atomic mass is 32.1. The van der Waals surface area contributed by atoms with Gasteiger partial charge in [0.15, 0.2) is 0 Å². The van der Waals surface area contributed by atoms with Crippen molar-refractivity contribution in [2.24, 2.45) is 11.7 Å². The lowest BCUT2D eigenvalue weighted by atomic mass is 10.2. The number of carboxylic acids is 2. The van der Waals surface area contributed by atoms with E-state index in [1.165, 1.54) is 17.5 Å². The van der Waals surface area contributed by atoms with E-state index < -0.39 is 17.8 Å². The maximum atomic E-state index is 13.8. The summed E-state index contributed by atoms with van der Waals surface area (Å²) in [4.78, 5) is 43.0. The van der Waals surface area contributed by atoms with Crippen LogP contribution in [-0.2, 0) is 9.59 Å². The Morgan fingerprint density at radius 3 is 2.53 bits per heavy atom. The molecule has 1 aliphatic rings. The van der Waals surface area contributed by atoms with E-state index in [1.54, 1.807) is 12.1 Å². The van der Waals surface area contributed by atoms with E-state index in [2.05, 4.69) is 15.0 Å². The molecule has 0 unspecified atom stereocenters. The van der Waals surface area contributed by atoms with E-state index >= 15 is 0 Å². The Bertz CT molecular complexity index is 1170. The largest absolute Gasteiger partial charge is 0.478 e. The van der Waals surface area contributed by atoms with Crippen molar-refractivity contribution < 1.29 is 24.2 Å². The van der Waals surface area contributed by atoms with E-state index in [0.29, 0.717) is 44.6 Å². The van der Waals surface area contributed by atoms with Crippen LogP contribution in [0.3, 0.4) is 0 Å². The predicted octanol–water partition coefficient (Wildman–Crippen LogP) is 2.31. The van der Waals surface area contributed by atoms with Crippen LogP contribution in [-0.4, -0.2) is 37.1 Å². The van der Waals surface area contributed by atoms with Crippen LogP contribution in [0.2, 0.25) is 0 Å². The van der Waals surface area contributed by atoms with E-state index in [0.717, 1.165) is 19.0 Å². The SMILES string of the molecule is N[C@H](c1nc2cc(-c3ccncc3F)sc2c(=O)[nH]1)C1CC1.O=C(O)/C=C/C(=O)O. The summed E-state index contributed by atoms with van der Waals surface area (Å²) in [6.07, 6.45) is 5.94. The normalized spacial score (nSPS) is 14.3. The Morgan fingerprint density at radius 1 is 1.30 bits per heavy atom. The summed E-state index contributed by atoms with van der Waals surface area (Å²) in [5.41, 5.74) is 6.87. The van der Waals surface area contributed by atoms with Gasteiger partial charge in [-0.25, -0.2) is 19.0 Å². The number of nitrogens with zero attached hydrogens (tertiary/aromatic N) is 2. The molecule has 0 aromatic carbocycles. The summed E-state index contributed by atoms with van der Waals surface area (Å²) >= 11 is 1.22. The van der Waals surface area contributed by atoms with E-state index in [9.17, 15) is 18.8 Å². The molecule has 30 heavy (non-hydrogen) atoms. The fourth-order valence-electron chi connectivity index (χ4n) is 2.64. The molecule has 1 atom stereocenters. The number of hydrogen-bond acceptors (Lipinski definition) is 7. The number of H-pyrrole nitrogens is 1. The molecule has 0 bridgehead atoms. The van der Waals surface area contributed by atoms with Crippen molar-refractivity contribution >= 4 is 33.5 Å². The molecule has 1 fully saturated rings. The van der Waals surface area contributed by atoms with Gasteiger partial charge < -0.3 is 20.9 Å². The Labute approximate surface area is 172 Å². The second-order valence-corrected chi connectivity index (χ2v) is 7.56. The average molecular weight is 432 g/mol. The number of pyridine rings is 1. The smallest absolute Gasteiger partial charge is 0.328 e. The number of carboxylic acid groups (broad SMARTS) is 2. The first-order valence-electron chi connectivity index (χ1n) is 8.79. The Balaban J connectivity index is 0.000000275. The lowest BCUT2D eigenvalue weighted by molar-refractivity contribution is -0.134. The molecule has 0 saturated heterocycles. The molecule has 11 heteroatoms. The standard InChI is InChI=1S/C15H13FN4OS.C4H4O4/c16-9-6-18-4-3-8(9)11-5-10-13(22-11)15(21)20-14(19-10)12(17)7-1-2-7;5-3(6)1-2-4(7)8/h3-7,12H,1-2,17H2,(H,19,20,21);1-2H,(H,5,6)(H,7,8)/b;2-1+/t12-;/m0./s1. The van der Waals surface area contributed by atoms with Gasteiger partial charge in [0, 0.05) is 28.8 Å². The summed E-state index contributed by atoms with van der Waals surface area (Å²) in [6, 6.07) is 3.08. The van der Waals surface area contributed by atoms with Crippen LogP contribution >= 0.6 is 11.3 Å². The fourth-order valence-corrected chi connectivity index (χ4v) is 3.66. The summed E-state index contributed by atoms with van der Waals surface area (Å²) in [6.45, 7) is 0. The monoisotopic (exact) mass is 432 g/mol. The highest BCUT2D eigenvalue weighted by Gasteiger charge is 2.31. The third kappa shape index (κ3) is 5.13. The number of nitrogens with one attached hydrogen (secondary N) is 1. The van der Waals surface area contributed by atoms with Crippen molar-refractivity contribution in [3.63, 3.8) is 0 Å². The molecular formula is C19H17FN4O5S. The highest BCUT2D eigenvalue weighted by molar-refractivity contribution is 7.22. The van der Waals surface area contributed by atoms with Crippen LogP contribution in [0.5, 0.6) is 0 Å². The molecule has 156 valence electrons. The maximum absolute atomic E-state index is 13.8. The quantitative estimate of drug-likeness (QED) is 0.447. The topological polar surface area (TPSA) is 159 Å². The molecule has 3 aromatic heterocycles. The molecule has 5 N–H and O–H groups in total. The number of rotatable bonds is 5. The van der Waals surface area contributed by atoms with Gasteiger partial charge in [-0.15, -0.1) is 11.3 Å². The first-order valence-corrected chi connectivity index (χ1v) is 9.61. The van der Waals surface area contributed by atoms with E-state index in [1.807, 2.05) is 0 Å². The lowest BCUT2D eigenvalue weighted by Crippen LogP contribution is -2.20. The van der Waals surface area contributed by atoms with E-state index in [-0.39, 0.29) is 11.6 Å². The Hall–Kier alpha value is -3.44. The molecule has 1 aliphatic carbocycles. The number of aromatic nitrogens is 3. The number of hydrogen-bond donors (Lipinski definition) is 4. The second-order valence-electron chi connectivity index (χ2n) is 6.50. The molecule has 3 aromatic rings. The minimum Gasteiger partial charge on any atom is -0.478 e. The van der Waals surface area contributed by atoms with Gasteiger partial charge in [-0.2, -0.15) is 0 Å². The van der Waals surface area contributed by atoms with Crippen molar-refractivity contribution in [3.8, 4) is 10.4 Å². The van der Waals surface area contributed by atoms with E-state index in [4.69, 9.17) is 15.9 Å². The molecule has 0 aliphatic heterocycles. The van der Waals surface area contributed by atoms with Crippen LogP contribution in [0.15, 0.2) is 41.5 Å². The van der Waals surface area contributed by atoms with Gasteiger partial charge in [0.05, 0.1) is 17.8 Å². The van der Waals surface area contributed by atoms with Crippen molar-refractivity contribution in [2.45, 2.75) is 18.9 Å². The summed E-state index contributed by atoms with van der Waals surface area (Å²) in [5, 5.41) is 15.6. The molecule has 1 saturated carbocycles. The van der Waals surface area contributed by atoms with Crippen molar-refractivity contribution in [1.82, 2.24) is 15.0 Å². The Kier molecular flexibility index (Phi) is 6.33. The van der Waals surface area contributed by atoms with Crippen LogP contribution in [0.4, 0.5) is 4.39 Å². The van der Waals surface area contributed by atoms with Crippen molar-refractivity contribution in [1.29, 1.82) is 0 Å². The van der Waals surface area contributed by atoms with Gasteiger partial charge in [-0.05, 0) is 30.9 Å². The number of fused-ring (bicyclic) bond motifs is 1. The minimum absolute atomic E-state index is 0.221. The summed E-state index contributed by atoms with van der Waals surface area (Å²) in [5.74, 6) is -2.02. The predicted molar refractivity (Wildman–Crippen MR) is 107 cm³/mol. The first-order chi connectivity index (χ1) is 14.3. The molecule has 3 heterocycles. The molecule has 0 amide bonds. The van der Waals surface area contributed by atoms with Gasteiger partial charge in [-0.3, -0.25) is 9.78 Å². The number of nitrogens with two attached hydrogens (primary N) is 1. The molecule has 0 spiro atoms. The van der Waals surface area contributed by atoms with Crippen LogP contribution < -0.4 is 11.3 Å². The third-order valence-corrected chi connectivity index (χ3v) is 5.41. The zero-order valence-corrected chi connectivity index (χ0v) is 16.2. The average Bonchev–Trinajstić information content (AvgIpc) is 3.45. The first kappa shape index (κ1) is 21.3. The van der Waals surface area contributed by atoms with Crippen molar-refractivity contribution in [2.75, 3.05) is 0 Å². The van der Waals surface area contributed by atoms with Crippen LogP contribution in [0, 0.1) is 11.7 Å². The highest BCUT2D eigenvalue weighted by Crippen LogP contribution is 2.39. The number of aromatic amines is 1. The molecule has 4 rings (SSSR count). The van der Waals surface area contributed by atoms with Crippen molar-refractivity contribution in [3.05, 3.63) is 58.7 Å². The van der Waals surface area contributed by atoms with Crippen LogP contribution in [0.25, 0.3) is 20.7 Å². The van der Waals surface area contributed by atoms with Gasteiger partial charge >= 0.3 is 11.9 Å². The fraction of sp³-hybridized carbons (Fsp3) is 0.211. The number of halogens is 1. The summed E-state index contributed by atoms with van der Waals surface area (Å²) < 4.78 is 14.3. The lowest BCUT2D eigenvalue weighted by Gasteiger charge is -2.08. The number of aliphatic carboxylic acids is 2. The second kappa shape index (κ2) is 8.93. The van der Waals surface area contributed by atoms with Gasteiger partial charge in [0.25, 0.3) is 5.56 Å². The summed E-state index contributed by atoms with van der Waals surface area (Å²) in [7, 11) is 0. The number of carbonyl (C=O) groups is 2. The van der Waals surface area contributed by atoms with Crippen LogP contribution in [0.1, 0.15) is 24.7 Å².